The quantitative estimate of drug-likeness (QED) is 0.495. The van der Waals surface area contributed by atoms with Gasteiger partial charge >= 0.3 is 0 Å². The molecule has 0 saturated heterocycles. The second kappa shape index (κ2) is 11.1. The molecule has 0 heterocycles. The predicted molar refractivity (Wildman–Crippen MR) is 106 cm³/mol. The molecule has 2 N–H and O–H groups in total. The van der Waals surface area contributed by atoms with Crippen LogP contribution in [0.25, 0.3) is 0 Å². The normalized spacial score (nSPS) is 27.0. The van der Waals surface area contributed by atoms with Crippen molar-refractivity contribution in [3.63, 3.8) is 0 Å². The molecule has 0 aromatic carbocycles. The number of nitrogens with one attached hydrogen (secondary N) is 2. The zero-order chi connectivity index (χ0) is 19.6. The van der Waals surface area contributed by atoms with Crippen molar-refractivity contribution in [2.24, 2.45) is 0 Å². The Morgan fingerprint density at radius 2 is 1.68 bits per heavy atom. The van der Waals surface area contributed by atoms with Crippen LogP contribution >= 0.6 is 0 Å². The van der Waals surface area contributed by atoms with Crippen LogP contribution in [0.1, 0.15) is 64.2 Å². The highest BCUT2D eigenvalue weighted by atomic mass is 16.5. The lowest BCUT2D eigenvalue weighted by molar-refractivity contribution is -0.129. The molecule has 3 rings (SSSR count). The van der Waals surface area contributed by atoms with E-state index in [1.165, 1.54) is 0 Å². The van der Waals surface area contributed by atoms with Crippen molar-refractivity contribution in [2.75, 3.05) is 13.2 Å². The number of hydrogen-bond acceptors (Lipinski definition) is 4. The van der Waals surface area contributed by atoms with Gasteiger partial charge in [0.15, 0.2) is 6.61 Å². The van der Waals surface area contributed by atoms with E-state index in [0.717, 1.165) is 70.0 Å². The molecule has 1 unspecified atom stereocenters. The molecule has 0 aliphatic heterocycles. The number of amides is 2. The van der Waals surface area contributed by atoms with Gasteiger partial charge in [-0.05, 0) is 63.9 Å². The van der Waals surface area contributed by atoms with E-state index in [9.17, 15) is 9.59 Å². The summed E-state index contributed by atoms with van der Waals surface area (Å²) in [6.07, 6.45) is 15.8. The first-order valence-electron chi connectivity index (χ1n) is 10.6. The third-order valence-corrected chi connectivity index (χ3v) is 5.52. The van der Waals surface area contributed by atoms with Gasteiger partial charge in [-0.3, -0.25) is 9.59 Å². The highest BCUT2D eigenvalue weighted by molar-refractivity contribution is 5.78. The van der Waals surface area contributed by atoms with Gasteiger partial charge in [0.1, 0.15) is 12.4 Å². The smallest absolute Gasteiger partial charge is 0.258 e. The van der Waals surface area contributed by atoms with Crippen molar-refractivity contribution >= 4 is 11.8 Å². The third kappa shape index (κ3) is 7.17. The van der Waals surface area contributed by atoms with E-state index >= 15 is 0 Å². The zero-order valence-corrected chi connectivity index (χ0v) is 16.6. The van der Waals surface area contributed by atoms with Crippen molar-refractivity contribution in [2.45, 2.75) is 82.4 Å². The van der Waals surface area contributed by atoms with Gasteiger partial charge in [0, 0.05) is 18.5 Å². The van der Waals surface area contributed by atoms with E-state index in [4.69, 9.17) is 9.47 Å². The first-order chi connectivity index (χ1) is 13.7. The molecular weight excluding hydrogens is 356 g/mol. The molecule has 0 aromatic heterocycles. The average Bonchev–Trinajstić information content (AvgIpc) is 2.74. The number of carbonyl (C=O) groups excluding carboxylic acids is 2. The van der Waals surface area contributed by atoms with Crippen LogP contribution in [-0.4, -0.2) is 43.2 Å². The van der Waals surface area contributed by atoms with Crippen LogP contribution in [0.2, 0.25) is 0 Å². The molecule has 154 valence electrons. The highest BCUT2D eigenvalue weighted by Crippen LogP contribution is 2.19. The van der Waals surface area contributed by atoms with E-state index in [1.807, 2.05) is 6.08 Å². The maximum Gasteiger partial charge on any atom is 0.258 e. The van der Waals surface area contributed by atoms with Crippen LogP contribution in [0.5, 0.6) is 0 Å². The first kappa shape index (κ1) is 20.7. The minimum atomic E-state index is -0.0812. The monoisotopic (exact) mass is 388 g/mol. The Hall–Kier alpha value is -2.04. The second-order valence-electron chi connectivity index (χ2n) is 7.85. The molecule has 1 atom stereocenters. The van der Waals surface area contributed by atoms with Gasteiger partial charge in [0.2, 0.25) is 5.91 Å². The van der Waals surface area contributed by atoms with Crippen LogP contribution in [0.4, 0.5) is 0 Å². The van der Waals surface area contributed by atoms with Gasteiger partial charge in [-0.1, -0.05) is 17.9 Å². The van der Waals surface area contributed by atoms with Crippen molar-refractivity contribution in [3.8, 4) is 0 Å². The lowest BCUT2D eigenvalue weighted by atomic mass is 9.91. The Balaban J connectivity index is 1.27. The number of allylic oxidation sites excluding steroid dienone is 2. The minimum absolute atomic E-state index is 0.0377. The van der Waals surface area contributed by atoms with Crippen molar-refractivity contribution < 1.29 is 19.1 Å². The predicted octanol–water partition coefficient (Wildman–Crippen LogP) is 2.89. The fourth-order valence-electron chi connectivity index (χ4n) is 3.92. The molecule has 1 fully saturated rings. The maximum atomic E-state index is 12.1. The third-order valence-electron chi connectivity index (χ3n) is 5.52. The van der Waals surface area contributed by atoms with Crippen molar-refractivity contribution in [3.05, 3.63) is 29.7 Å². The molecule has 28 heavy (non-hydrogen) atoms. The van der Waals surface area contributed by atoms with Crippen LogP contribution in [0, 0.1) is 0 Å². The molecule has 3 aliphatic rings. The van der Waals surface area contributed by atoms with Crippen LogP contribution < -0.4 is 10.6 Å². The van der Waals surface area contributed by atoms with E-state index in [1.54, 1.807) is 0 Å². The van der Waals surface area contributed by atoms with E-state index in [-0.39, 0.29) is 43.2 Å². The molecule has 6 nitrogen and oxygen atoms in total. The minimum Gasteiger partial charge on any atom is -0.480 e. The fourth-order valence-corrected chi connectivity index (χ4v) is 3.92. The largest absolute Gasteiger partial charge is 0.480 e. The van der Waals surface area contributed by atoms with Crippen LogP contribution in [-0.2, 0) is 19.1 Å². The molecule has 0 aromatic rings. The summed E-state index contributed by atoms with van der Waals surface area (Å²) in [4.78, 5) is 24.2. The topological polar surface area (TPSA) is 76.7 Å². The van der Waals surface area contributed by atoms with E-state index < -0.39 is 0 Å². The Labute approximate surface area is 167 Å². The molecule has 3 aliphatic carbocycles. The summed E-state index contributed by atoms with van der Waals surface area (Å²) < 4.78 is 11.2. The van der Waals surface area contributed by atoms with Gasteiger partial charge < -0.3 is 20.1 Å². The van der Waals surface area contributed by atoms with E-state index in [2.05, 4.69) is 28.5 Å². The Kier molecular flexibility index (Phi) is 8.19. The lowest BCUT2D eigenvalue weighted by Gasteiger charge is -2.30. The summed E-state index contributed by atoms with van der Waals surface area (Å²) in [5.41, 5.74) is 3.07. The standard InChI is InChI=1S/C22H32N2O4/c25-21(15-27-19-7-3-1-4-8-19)23-17-11-13-18(14-12-17)24-22(26)16-28-20-9-5-2-6-10-20/h1,3,5,17-19H,2,4,6-8,10-16H2,(H,23,25)(H,24,26)/t17-,18-,19?. The summed E-state index contributed by atoms with van der Waals surface area (Å²) in [5.74, 6) is 0.658. The number of ether oxygens (including phenoxy) is 2. The molecule has 0 bridgehead atoms. The number of carbonyl (C=O) groups is 2. The molecular formula is C22H32N2O4. The van der Waals surface area contributed by atoms with Gasteiger partial charge in [-0.2, -0.15) is 0 Å². The second-order valence-corrected chi connectivity index (χ2v) is 7.85. The summed E-state index contributed by atoms with van der Waals surface area (Å²) in [5, 5.41) is 6.11. The number of hydrogen-bond donors (Lipinski definition) is 2. The van der Waals surface area contributed by atoms with E-state index in [0.29, 0.717) is 0 Å². The summed E-state index contributed by atoms with van der Waals surface area (Å²) in [6, 6.07) is 0.328. The van der Waals surface area contributed by atoms with Gasteiger partial charge in [-0.25, -0.2) is 0 Å². The Morgan fingerprint density at radius 1 is 0.964 bits per heavy atom. The van der Waals surface area contributed by atoms with Crippen LogP contribution in [0.15, 0.2) is 29.7 Å². The summed E-state index contributed by atoms with van der Waals surface area (Å²) in [6.45, 7) is 0.192. The SMILES string of the molecule is O=C(COC1=C=CCCC1)N[C@H]1CC[C@H](NC(=O)COC2CC=CCC2)CC1. The number of rotatable bonds is 8. The maximum absolute atomic E-state index is 12.1. The van der Waals surface area contributed by atoms with Crippen molar-refractivity contribution in [1.29, 1.82) is 0 Å². The first-order valence-corrected chi connectivity index (χ1v) is 10.6. The van der Waals surface area contributed by atoms with Gasteiger partial charge in [0.05, 0.1) is 6.10 Å². The van der Waals surface area contributed by atoms with Crippen molar-refractivity contribution in [1.82, 2.24) is 10.6 Å². The molecule has 6 heteroatoms. The Bertz CT molecular complexity index is 628. The molecule has 2 amide bonds. The van der Waals surface area contributed by atoms with Gasteiger partial charge in [0.25, 0.3) is 5.91 Å². The molecule has 0 radical (unpaired) electrons. The Morgan fingerprint density at radius 3 is 2.29 bits per heavy atom. The average molecular weight is 389 g/mol. The van der Waals surface area contributed by atoms with Gasteiger partial charge in [-0.15, -0.1) is 0 Å². The fraction of sp³-hybridized carbons (Fsp3) is 0.682. The lowest BCUT2D eigenvalue weighted by Crippen LogP contribution is -2.45. The van der Waals surface area contributed by atoms with Crippen LogP contribution in [0.3, 0.4) is 0 Å². The summed E-state index contributed by atoms with van der Waals surface area (Å²) >= 11 is 0. The zero-order valence-electron chi connectivity index (χ0n) is 16.6. The summed E-state index contributed by atoms with van der Waals surface area (Å²) in [7, 11) is 0. The molecule has 0 spiro atoms. The highest BCUT2D eigenvalue weighted by Gasteiger charge is 2.24. The molecule has 1 saturated carbocycles.